The first kappa shape index (κ1) is 19.2. The number of ketones is 2. The normalized spacial score (nSPS) is 23.3. The Morgan fingerprint density at radius 3 is 2.00 bits per heavy atom. The van der Waals surface area contributed by atoms with Gasteiger partial charge in [-0.05, 0) is 28.5 Å². The van der Waals surface area contributed by atoms with Crippen molar-refractivity contribution in [1.29, 1.82) is 0 Å². The van der Waals surface area contributed by atoms with E-state index in [-0.39, 0.29) is 28.3 Å². The second-order valence-corrected chi connectivity index (χ2v) is 10.5. The Balaban J connectivity index is 1.78. The summed E-state index contributed by atoms with van der Waals surface area (Å²) in [7, 11) is 0. The van der Waals surface area contributed by atoms with Gasteiger partial charge in [0.1, 0.15) is 11.5 Å². The topological polar surface area (TPSA) is 56.3 Å². The Hall–Kier alpha value is -2.75. The lowest BCUT2D eigenvalue weighted by Crippen LogP contribution is -2.37. The first-order chi connectivity index (χ1) is 14.2. The fraction of sp³-hybridized carbons (Fsp3) is 0.423. The molecule has 154 valence electrons. The Kier molecular flexibility index (Phi) is 4.08. The highest BCUT2D eigenvalue weighted by Gasteiger charge is 2.48. The number of fused-ring (bicyclic) bond motifs is 1. The van der Waals surface area contributed by atoms with Crippen LogP contribution in [0.25, 0.3) is 10.9 Å². The third kappa shape index (κ3) is 3.01. The van der Waals surface area contributed by atoms with Gasteiger partial charge in [-0.3, -0.25) is 14.6 Å². The van der Waals surface area contributed by atoms with E-state index in [9.17, 15) is 9.59 Å². The van der Waals surface area contributed by atoms with Crippen molar-refractivity contribution in [2.45, 2.75) is 59.3 Å². The van der Waals surface area contributed by atoms with Crippen molar-refractivity contribution in [1.82, 2.24) is 4.98 Å². The molecule has 1 aromatic heterocycles. The highest BCUT2D eigenvalue weighted by molar-refractivity contribution is 6.07. The average Bonchev–Trinajstić information content (AvgIpc) is 2.64. The van der Waals surface area contributed by atoms with Crippen LogP contribution in [0.3, 0.4) is 0 Å². The van der Waals surface area contributed by atoms with E-state index in [1.54, 1.807) is 6.20 Å². The van der Waals surface area contributed by atoms with Crippen molar-refractivity contribution in [3.05, 3.63) is 64.8 Å². The molecule has 1 aromatic carbocycles. The number of carbonyl (C=O) groups is 2. The number of ether oxygens (including phenoxy) is 1. The number of aromatic nitrogens is 1. The number of allylic oxidation sites excluding steroid dienone is 4. The molecule has 0 saturated carbocycles. The van der Waals surface area contributed by atoms with Gasteiger partial charge in [0.15, 0.2) is 11.6 Å². The van der Waals surface area contributed by atoms with E-state index in [2.05, 4.69) is 32.7 Å². The molecular formula is C26H27NO3. The summed E-state index contributed by atoms with van der Waals surface area (Å²) in [6, 6.07) is 9.91. The Labute approximate surface area is 177 Å². The molecule has 4 heteroatoms. The Morgan fingerprint density at radius 1 is 0.833 bits per heavy atom. The summed E-state index contributed by atoms with van der Waals surface area (Å²) in [5.74, 6) is 1.33. The van der Waals surface area contributed by atoms with Crippen molar-refractivity contribution < 1.29 is 14.3 Å². The van der Waals surface area contributed by atoms with E-state index in [0.29, 0.717) is 36.8 Å². The molecule has 2 aromatic rings. The highest BCUT2D eigenvalue weighted by atomic mass is 16.5. The number of hydrogen-bond donors (Lipinski definition) is 0. The minimum atomic E-state index is -0.371. The first-order valence-corrected chi connectivity index (χ1v) is 10.7. The molecule has 0 bridgehead atoms. The van der Waals surface area contributed by atoms with E-state index in [4.69, 9.17) is 4.74 Å². The van der Waals surface area contributed by atoms with Gasteiger partial charge in [-0.1, -0.05) is 45.9 Å². The van der Waals surface area contributed by atoms with Crippen LogP contribution >= 0.6 is 0 Å². The zero-order chi connectivity index (χ0) is 21.3. The van der Waals surface area contributed by atoms with Gasteiger partial charge < -0.3 is 4.74 Å². The lowest BCUT2D eigenvalue weighted by molar-refractivity contribution is -0.120. The SMILES string of the molecule is CC1(C)CC(=O)C2=C(C1)OC1=C(C(=O)CC(C)(C)C1)C2c1ccnc2ccccc12. The molecule has 5 rings (SSSR count). The summed E-state index contributed by atoms with van der Waals surface area (Å²) < 4.78 is 6.37. The number of hydrogen-bond acceptors (Lipinski definition) is 4. The van der Waals surface area contributed by atoms with Crippen LogP contribution in [-0.4, -0.2) is 16.6 Å². The van der Waals surface area contributed by atoms with Crippen LogP contribution in [0.2, 0.25) is 0 Å². The van der Waals surface area contributed by atoms with Crippen molar-refractivity contribution in [2.75, 3.05) is 0 Å². The Morgan fingerprint density at radius 2 is 1.40 bits per heavy atom. The molecule has 30 heavy (non-hydrogen) atoms. The van der Waals surface area contributed by atoms with E-state index in [1.165, 1.54) is 0 Å². The summed E-state index contributed by atoms with van der Waals surface area (Å²) in [4.78, 5) is 31.3. The summed E-state index contributed by atoms with van der Waals surface area (Å²) in [6.45, 7) is 8.42. The number of nitrogens with zero attached hydrogens (tertiary/aromatic N) is 1. The van der Waals surface area contributed by atoms with Gasteiger partial charge in [0.05, 0.1) is 5.52 Å². The fourth-order valence-corrected chi connectivity index (χ4v) is 5.36. The maximum absolute atomic E-state index is 13.4. The van der Waals surface area contributed by atoms with Crippen LogP contribution in [0.1, 0.15) is 64.9 Å². The third-order valence-corrected chi connectivity index (χ3v) is 6.58. The lowest BCUT2D eigenvalue weighted by Gasteiger charge is -2.42. The van der Waals surface area contributed by atoms with Crippen LogP contribution < -0.4 is 0 Å². The summed E-state index contributed by atoms with van der Waals surface area (Å²) in [6.07, 6.45) is 4.13. The third-order valence-electron chi connectivity index (χ3n) is 6.58. The van der Waals surface area contributed by atoms with Crippen LogP contribution in [0.4, 0.5) is 0 Å². The lowest BCUT2D eigenvalue weighted by atomic mass is 9.65. The van der Waals surface area contributed by atoms with Crippen molar-refractivity contribution in [3.63, 3.8) is 0 Å². The van der Waals surface area contributed by atoms with Gasteiger partial charge >= 0.3 is 0 Å². The summed E-state index contributed by atoms with van der Waals surface area (Å²) >= 11 is 0. The molecule has 0 unspecified atom stereocenters. The zero-order valence-electron chi connectivity index (χ0n) is 18.0. The molecule has 4 nitrogen and oxygen atoms in total. The van der Waals surface area contributed by atoms with E-state index >= 15 is 0 Å². The molecule has 0 saturated heterocycles. The van der Waals surface area contributed by atoms with E-state index < -0.39 is 0 Å². The van der Waals surface area contributed by atoms with Crippen molar-refractivity contribution in [2.24, 2.45) is 10.8 Å². The molecule has 0 atom stereocenters. The molecule has 1 aliphatic heterocycles. The van der Waals surface area contributed by atoms with Crippen molar-refractivity contribution >= 4 is 22.5 Å². The molecule has 0 N–H and O–H groups in total. The molecule has 0 radical (unpaired) electrons. The van der Waals surface area contributed by atoms with Crippen LogP contribution in [-0.2, 0) is 14.3 Å². The van der Waals surface area contributed by atoms with E-state index in [0.717, 1.165) is 28.0 Å². The highest BCUT2D eigenvalue weighted by Crippen LogP contribution is 2.53. The van der Waals surface area contributed by atoms with Gasteiger partial charge in [-0.2, -0.15) is 0 Å². The fourth-order valence-electron chi connectivity index (χ4n) is 5.36. The quantitative estimate of drug-likeness (QED) is 0.621. The number of rotatable bonds is 1. The van der Waals surface area contributed by atoms with Crippen LogP contribution in [0.5, 0.6) is 0 Å². The Bertz CT molecular complexity index is 1110. The largest absolute Gasteiger partial charge is 0.465 e. The van der Waals surface area contributed by atoms with Crippen LogP contribution in [0.15, 0.2) is 59.2 Å². The minimum Gasteiger partial charge on any atom is -0.465 e. The van der Waals surface area contributed by atoms with Gasteiger partial charge in [-0.15, -0.1) is 0 Å². The zero-order valence-corrected chi connectivity index (χ0v) is 18.0. The molecule has 2 heterocycles. The molecule has 2 aliphatic carbocycles. The predicted molar refractivity (Wildman–Crippen MR) is 116 cm³/mol. The van der Waals surface area contributed by atoms with E-state index in [1.807, 2.05) is 30.3 Å². The number of pyridine rings is 1. The molecule has 0 spiro atoms. The maximum atomic E-state index is 13.4. The van der Waals surface area contributed by atoms with Gasteiger partial charge in [-0.25, -0.2) is 0 Å². The second-order valence-electron chi connectivity index (χ2n) is 10.5. The van der Waals surface area contributed by atoms with Crippen LogP contribution in [0, 0.1) is 10.8 Å². The number of para-hydroxylation sites is 1. The maximum Gasteiger partial charge on any atom is 0.163 e. The number of benzene rings is 1. The van der Waals surface area contributed by atoms with Gasteiger partial charge in [0.2, 0.25) is 0 Å². The predicted octanol–water partition coefficient (Wildman–Crippen LogP) is 5.64. The molecular weight excluding hydrogens is 374 g/mol. The minimum absolute atomic E-state index is 0.0938. The summed E-state index contributed by atoms with van der Waals surface area (Å²) in [5, 5.41) is 0.987. The standard InChI is InChI=1S/C26H27NO3/c1-25(2)11-18(28)23-20(13-25)30-21-14-26(3,4)12-19(29)24(21)22(23)16-9-10-27-17-8-6-5-7-15(16)17/h5-10,22H,11-14H2,1-4H3. The average molecular weight is 402 g/mol. The second kappa shape index (κ2) is 6.37. The van der Waals surface area contributed by atoms with Gasteiger partial charge in [0, 0.05) is 54.3 Å². The molecule has 0 fully saturated rings. The van der Waals surface area contributed by atoms with Gasteiger partial charge in [0.25, 0.3) is 0 Å². The number of Topliss-reactive ketones (excluding diaryl/α,β-unsaturated/α-hetero) is 2. The number of carbonyl (C=O) groups excluding carboxylic acids is 2. The summed E-state index contributed by atoms with van der Waals surface area (Å²) in [5.41, 5.74) is 2.91. The molecule has 0 amide bonds. The smallest absolute Gasteiger partial charge is 0.163 e. The first-order valence-electron chi connectivity index (χ1n) is 10.7. The van der Waals surface area contributed by atoms with Crippen molar-refractivity contribution in [3.8, 4) is 0 Å². The monoisotopic (exact) mass is 401 g/mol. The molecule has 3 aliphatic rings.